The molecule has 0 atom stereocenters. The van der Waals surface area contributed by atoms with Crippen molar-refractivity contribution in [3.8, 4) is 11.8 Å². The van der Waals surface area contributed by atoms with Crippen LogP contribution in [0.15, 0.2) is 47.1 Å². The molecular weight excluding hydrogens is 302 g/mol. The number of aromatic nitrogens is 2. The van der Waals surface area contributed by atoms with Gasteiger partial charge in [0.2, 0.25) is 0 Å². The van der Waals surface area contributed by atoms with Crippen LogP contribution in [-0.4, -0.2) is 9.55 Å². The summed E-state index contributed by atoms with van der Waals surface area (Å²) in [7, 11) is 0. The van der Waals surface area contributed by atoms with Crippen LogP contribution in [0.4, 0.5) is 0 Å². The van der Waals surface area contributed by atoms with Crippen LogP contribution in [0.25, 0.3) is 16.7 Å². The second-order valence-corrected chi connectivity index (χ2v) is 5.25. The number of pyridine rings is 1. The van der Waals surface area contributed by atoms with Crippen LogP contribution in [0.2, 0.25) is 0 Å². The third kappa shape index (κ3) is 2.02. The highest BCUT2D eigenvalue weighted by molar-refractivity contribution is 9.10. The largest absolute Gasteiger partial charge is 0.312 e. The second kappa shape index (κ2) is 4.52. The van der Waals surface area contributed by atoms with Crippen LogP contribution in [0.3, 0.4) is 0 Å². The van der Waals surface area contributed by atoms with E-state index in [2.05, 4.69) is 37.6 Å². The lowest BCUT2D eigenvalue weighted by atomic mass is 10.2. The number of benzene rings is 1. The second-order valence-electron chi connectivity index (χ2n) is 4.34. The Labute approximate surface area is 119 Å². The monoisotopic (exact) mass is 311 g/mol. The molecule has 3 aromatic rings. The molecule has 0 saturated carbocycles. The van der Waals surface area contributed by atoms with Gasteiger partial charge in [-0.15, -0.1) is 0 Å². The van der Waals surface area contributed by atoms with Crippen molar-refractivity contribution >= 4 is 27.0 Å². The normalized spacial score (nSPS) is 10.6. The molecule has 0 saturated heterocycles. The fraction of sp³-hybridized carbons (Fsp3) is 0.0667. The van der Waals surface area contributed by atoms with E-state index in [4.69, 9.17) is 5.26 Å². The maximum atomic E-state index is 8.85. The zero-order chi connectivity index (χ0) is 13.4. The molecule has 0 spiro atoms. The van der Waals surface area contributed by atoms with Crippen LogP contribution >= 0.6 is 15.9 Å². The van der Waals surface area contributed by atoms with E-state index in [1.165, 1.54) is 0 Å². The number of nitriles is 1. The van der Waals surface area contributed by atoms with Crippen LogP contribution in [-0.2, 0) is 0 Å². The molecule has 19 heavy (non-hydrogen) atoms. The summed E-state index contributed by atoms with van der Waals surface area (Å²) in [5, 5.41) is 8.85. The predicted octanol–water partition coefficient (Wildman–Crippen LogP) is 3.97. The van der Waals surface area contributed by atoms with Crippen molar-refractivity contribution in [2.45, 2.75) is 6.92 Å². The zero-order valence-electron chi connectivity index (χ0n) is 10.3. The van der Waals surface area contributed by atoms with Crippen molar-refractivity contribution in [3.05, 3.63) is 58.3 Å². The number of halogens is 1. The molecule has 4 heteroatoms. The van der Waals surface area contributed by atoms with E-state index in [0.29, 0.717) is 5.56 Å². The van der Waals surface area contributed by atoms with E-state index in [1.54, 1.807) is 6.20 Å². The standard InChI is InChI=1S/C15H10BrN3/c1-10-6-14-15(7-12(16)9-18-14)19(10)13-4-2-11(8-17)3-5-13/h2-7,9H,1H3. The Morgan fingerprint density at radius 1 is 1.21 bits per heavy atom. The third-order valence-electron chi connectivity index (χ3n) is 3.06. The van der Waals surface area contributed by atoms with Crippen molar-refractivity contribution in [1.29, 1.82) is 5.26 Å². The first kappa shape index (κ1) is 11.9. The summed E-state index contributed by atoms with van der Waals surface area (Å²) in [5.41, 5.74) is 4.83. The molecule has 92 valence electrons. The van der Waals surface area contributed by atoms with Crippen LogP contribution in [0, 0.1) is 18.3 Å². The van der Waals surface area contributed by atoms with E-state index in [1.807, 2.05) is 37.3 Å². The van der Waals surface area contributed by atoms with Crippen molar-refractivity contribution < 1.29 is 0 Å². The van der Waals surface area contributed by atoms with E-state index in [-0.39, 0.29) is 0 Å². The first-order valence-corrected chi connectivity index (χ1v) is 6.62. The van der Waals surface area contributed by atoms with E-state index in [0.717, 1.165) is 26.9 Å². The highest BCUT2D eigenvalue weighted by Crippen LogP contribution is 2.25. The summed E-state index contributed by atoms with van der Waals surface area (Å²) in [4.78, 5) is 4.40. The third-order valence-corrected chi connectivity index (χ3v) is 3.49. The van der Waals surface area contributed by atoms with Gasteiger partial charge in [0, 0.05) is 22.1 Å². The highest BCUT2D eigenvalue weighted by Gasteiger charge is 2.09. The molecule has 0 aliphatic heterocycles. The van der Waals surface area contributed by atoms with Gasteiger partial charge in [-0.05, 0) is 59.3 Å². The lowest BCUT2D eigenvalue weighted by Crippen LogP contribution is -1.96. The molecule has 0 fully saturated rings. The fourth-order valence-electron chi connectivity index (χ4n) is 2.21. The fourth-order valence-corrected chi connectivity index (χ4v) is 2.53. The maximum absolute atomic E-state index is 8.85. The molecule has 0 amide bonds. The molecule has 0 radical (unpaired) electrons. The molecule has 2 aromatic heterocycles. The van der Waals surface area contributed by atoms with Gasteiger partial charge >= 0.3 is 0 Å². The van der Waals surface area contributed by atoms with Gasteiger partial charge in [-0.1, -0.05) is 0 Å². The average molecular weight is 312 g/mol. The van der Waals surface area contributed by atoms with Crippen molar-refractivity contribution in [2.24, 2.45) is 0 Å². The number of rotatable bonds is 1. The molecule has 0 aliphatic carbocycles. The van der Waals surface area contributed by atoms with Gasteiger partial charge in [0.25, 0.3) is 0 Å². The van der Waals surface area contributed by atoms with E-state index < -0.39 is 0 Å². The Kier molecular flexibility index (Phi) is 2.84. The van der Waals surface area contributed by atoms with E-state index >= 15 is 0 Å². The number of hydrogen-bond acceptors (Lipinski definition) is 2. The molecule has 1 aromatic carbocycles. The van der Waals surface area contributed by atoms with Gasteiger partial charge < -0.3 is 4.57 Å². The summed E-state index contributed by atoms with van der Waals surface area (Å²) < 4.78 is 3.09. The zero-order valence-corrected chi connectivity index (χ0v) is 11.8. The molecule has 2 heterocycles. The highest BCUT2D eigenvalue weighted by atomic mass is 79.9. The average Bonchev–Trinajstić information content (AvgIpc) is 2.74. The van der Waals surface area contributed by atoms with Crippen molar-refractivity contribution in [2.75, 3.05) is 0 Å². The number of nitrogens with zero attached hydrogens (tertiary/aromatic N) is 3. The molecule has 3 nitrogen and oxygen atoms in total. The maximum Gasteiger partial charge on any atom is 0.0991 e. The summed E-state index contributed by atoms with van der Waals surface area (Å²) in [6.07, 6.45) is 1.80. The summed E-state index contributed by atoms with van der Waals surface area (Å²) >= 11 is 3.45. The van der Waals surface area contributed by atoms with Gasteiger partial charge in [-0.25, -0.2) is 0 Å². The Bertz CT molecular complexity index is 795. The Morgan fingerprint density at radius 3 is 2.63 bits per heavy atom. The van der Waals surface area contributed by atoms with Gasteiger partial charge in [-0.2, -0.15) is 5.26 Å². The lowest BCUT2D eigenvalue weighted by molar-refractivity contribution is 1.05. The van der Waals surface area contributed by atoms with E-state index in [9.17, 15) is 0 Å². The molecule has 0 unspecified atom stereocenters. The van der Waals surface area contributed by atoms with Crippen LogP contribution in [0.1, 0.15) is 11.3 Å². The topological polar surface area (TPSA) is 41.6 Å². The summed E-state index contributed by atoms with van der Waals surface area (Å²) in [6.45, 7) is 2.05. The first-order chi connectivity index (χ1) is 9.19. The quantitative estimate of drug-likeness (QED) is 0.682. The number of aryl methyl sites for hydroxylation is 1. The number of hydrogen-bond donors (Lipinski definition) is 0. The van der Waals surface area contributed by atoms with Crippen LogP contribution < -0.4 is 0 Å². The minimum atomic E-state index is 0.664. The van der Waals surface area contributed by atoms with Crippen molar-refractivity contribution in [1.82, 2.24) is 9.55 Å². The predicted molar refractivity (Wildman–Crippen MR) is 78.2 cm³/mol. The summed E-state index contributed by atoms with van der Waals surface area (Å²) in [5.74, 6) is 0. The molecule has 0 bridgehead atoms. The SMILES string of the molecule is Cc1cc2ncc(Br)cc2n1-c1ccc(C#N)cc1. The minimum Gasteiger partial charge on any atom is -0.312 e. The number of fused-ring (bicyclic) bond motifs is 1. The van der Waals surface area contributed by atoms with Crippen LogP contribution in [0.5, 0.6) is 0 Å². The summed E-state index contributed by atoms with van der Waals surface area (Å²) in [6, 6.07) is 13.8. The Morgan fingerprint density at radius 2 is 1.95 bits per heavy atom. The van der Waals surface area contributed by atoms with Gasteiger partial charge in [0.05, 0.1) is 22.7 Å². The van der Waals surface area contributed by atoms with Crippen molar-refractivity contribution in [3.63, 3.8) is 0 Å². The van der Waals surface area contributed by atoms with Gasteiger partial charge in [0.15, 0.2) is 0 Å². The molecule has 0 N–H and O–H groups in total. The Balaban J connectivity index is 2.26. The smallest absolute Gasteiger partial charge is 0.0991 e. The molecule has 3 rings (SSSR count). The Hall–Kier alpha value is -2.12. The van der Waals surface area contributed by atoms with Gasteiger partial charge in [-0.3, -0.25) is 4.98 Å². The first-order valence-electron chi connectivity index (χ1n) is 5.83. The minimum absolute atomic E-state index is 0.664. The van der Waals surface area contributed by atoms with Gasteiger partial charge in [0.1, 0.15) is 0 Å². The molecular formula is C15H10BrN3. The lowest BCUT2D eigenvalue weighted by Gasteiger charge is -2.08. The molecule has 0 aliphatic rings.